The highest BCUT2D eigenvalue weighted by Gasteiger charge is 2.21. The van der Waals surface area contributed by atoms with Crippen molar-refractivity contribution >= 4 is 5.78 Å². The molecule has 0 spiro atoms. The number of hydrogen-bond acceptors (Lipinski definition) is 3. The molecule has 0 saturated carbocycles. The van der Waals surface area contributed by atoms with Crippen LogP contribution in [0.3, 0.4) is 0 Å². The van der Waals surface area contributed by atoms with Gasteiger partial charge < -0.3 is 5.32 Å². The third-order valence-corrected chi connectivity index (χ3v) is 2.43. The van der Waals surface area contributed by atoms with Gasteiger partial charge in [-0.25, -0.2) is 0 Å². The van der Waals surface area contributed by atoms with E-state index in [9.17, 15) is 4.79 Å². The molecule has 1 aliphatic rings. The van der Waals surface area contributed by atoms with Crippen LogP contribution in [0.2, 0.25) is 0 Å². The Kier molecular flexibility index (Phi) is 3.88. The third kappa shape index (κ3) is 3.44. The van der Waals surface area contributed by atoms with E-state index in [1.54, 1.807) is 0 Å². The van der Waals surface area contributed by atoms with E-state index in [2.05, 4.69) is 24.1 Å². The molecule has 1 rings (SSSR count). The first-order chi connectivity index (χ1) is 6.11. The molecule has 1 heterocycles. The van der Waals surface area contributed by atoms with Gasteiger partial charge in [0.25, 0.3) is 0 Å². The molecule has 0 aromatic carbocycles. The van der Waals surface area contributed by atoms with Gasteiger partial charge in [0.1, 0.15) is 5.78 Å². The Labute approximate surface area is 80.5 Å². The number of hydrogen-bond donors (Lipinski definition) is 1. The number of rotatable bonds is 3. The topological polar surface area (TPSA) is 32.3 Å². The predicted octanol–water partition coefficient (Wildman–Crippen LogP) is 0.648. The van der Waals surface area contributed by atoms with Crippen molar-refractivity contribution in [3.63, 3.8) is 0 Å². The van der Waals surface area contributed by atoms with Crippen LogP contribution in [0.1, 0.15) is 27.2 Å². The second kappa shape index (κ2) is 4.72. The van der Waals surface area contributed by atoms with E-state index < -0.39 is 0 Å². The van der Waals surface area contributed by atoms with E-state index in [1.165, 1.54) is 0 Å². The molecule has 1 fully saturated rings. The minimum atomic E-state index is 0.348. The minimum absolute atomic E-state index is 0.348. The molecule has 0 bridgehead atoms. The Morgan fingerprint density at radius 2 is 1.92 bits per heavy atom. The maximum Gasteiger partial charge on any atom is 0.146 e. The van der Waals surface area contributed by atoms with E-state index in [0.717, 1.165) is 13.1 Å². The quantitative estimate of drug-likeness (QED) is 0.699. The molecule has 1 N–H and O–H groups in total. The Hall–Kier alpha value is -0.410. The van der Waals surface area contributed by atoms with E-state index in [0.29, 0.717) is 30.8 Å². The zero-order valence-corrected chi connectivity index (χ0v) is 8.84. The summed E-state index contributed by atoms with van der Waals surface area (Å²) in [5.74, 6) is 0.348. The zero-order valence-electron chi connectivity index (χ0n) is 8.84. The van der Waals surface area contributed by atoms with Crippen molar-refractivity contribution in [2.45, 2.75) is 39.3 Å². The fourth-order valence-corrected chi connectivity index (χ4v) is 1.93. The minimum Gasteiger partial charge on any atom is -0.309 e. The van der Waals surface area contributed by atoms with Crippen LogP contribution >= 0.6 is 0 Å². The summed E-state index contributed by atoms with van der Waals surface area (Å²) in [5.41, 5.74) is 0. The Balaban J connectivity index is 2.37. The molecule has 0 amide bonds. The second-order valence-electron chi connectivity index (χ2n) is 4.06. The van der Waals surface area contributed by atoms with Gasteiger partial charge in [-0.1, -0.05) is 6.92 Å². The largest absolute Gasteiger partial charge is 0.309 e. The fraction of sp³-hybridized carbons (Fsp3) is 0.900. The van der Waals surface area contributed by atoms with Crippen LogP contribution in [0.5, 0.6) is 0 Å². The number of ketones is 1. The van der Waals surface area contributed by atoms with Gasteiger partial charge >= 0.3 is 0 Å². The van der Waals surface area contributed by atoms with Crippen molar-refractivity contribution in [2.24, 2.45) is 0 Å². The maximum absolute atomic E-state index is 11.2. The lowest BCUT2D eigenvalue weighted by Crippen LogP contribution is -2.55. The number of carbonyl (C=O) groups is 1. The summed E-state index contributed by atoms with van der Waals surface area (Å²) in [6, 6.07) is 1.02. The van der Waals surface area contributed by atoms with Crippen LogP contribution in [0.4, 0.5) is 0 Å². The monoisotopic (exact) mass is 184 g/mol. The predicted molar refractivity (Wildman–Crippen MR) is 53.8 cm³/mol. The molecule has 1 aliphatic heterocycles. The lowest BCUT2D eigenvalue weighted by Gasteiger charge is -2.35. The molecule has 0 aromatic rings. The summed E-state index contributed by atoms with van der Waals surface area (Å²) in [5, 5.41) is 3.45. The first-order valence-corrected chi connectivity index (χ1v) is 5.12. The SMILES string of the molecule is CCC(=O)CN1CC(C)NC(C)C1. The molecule has 2 unspecified atom stereocenters. The van der Waals surface area contributed by atoms with Gasteiger partial charge in [-0.15, -0.1) is 0 Å². The summed E-state index contributed by atoms with van der Waals surface area (Å²) in [7, 11) is 0. The lowest BCUT2D eigenvalue weighted by atomic mass is 10.1. The Morgan fingerprint density at radius 1 is 1.38 bits per heavy atom. The molecule has 3 nitrogen and oxygen atoms in total. The fourth-order valence-electron chi connectivity index (χ4n) is 1.93. The van der Waals surface area contributed by atoms with Crippen LogP contribution in [0.25, 0.3) is 0 Å². The zero-order chi connectivity index (χ0) is 9.84. The van der Waals surface area contributed by atoms with Crippen LogP contribution in [0.15, 0.2) is 0 Å². The molecule has 3 heteroatoms. The second-order valence-corrected chi connectivity index (χ2v) is 4.06. The van der Waals surface area contributed by atoms with Crippen LogP contribution in [-0.4, -0.2) is 42.4 Å². The van der Waals surface area contributed by atoms with Gasteiger partial charge in [0, 0.05) is 31.6 Å². The van der Waals surface area contributed by atoms with Gasteiger partial charge in [0.15, 0.2) is 0 Å². The van der Waals surface area contributed by atoms with Crippen molar-refractivity contribution in [1.82, 2.24) is 10.2 Å². The van der Waals surface area contributed by atoms with Crippen molar-refractivity contribution in [3.05, 3.63) is 0 Å². The van der Waals surface area contributed by atoms with E-state index in [-0.39, 0.29) is 0 Å². The van der Waals surface area contributed by atoms with E-state index >= 15 is 0 Å². The molecular weight excluding hydrogens is 164 g/mol. The summed E-state index contributed by atoms with van der Waals surface area (Å²) in [4.78, 5) is 13.5. The molecule has 0 aliphatic carbocycles. The first-order valence-electron chi connectivity index (χ1n) is 5.12. The maximum atomic E-state index is 11.2. The molecule has 13 heavy (non-hydrogen) atoms. The molecule has 1 saturated heterocycles. The summed E-state index contributed by atoms with van der Waals surface area (Å²) < 4.78 is 0. The van der Waals surface area contributed by atoms with Crippen molar-refractivity contribution in [3.8, 4) is 0 Å². The molecular formula is C10H20N2O. The van der Waals surface area contributed by atoms with Crippen LogP contribution in [0, 0.1) is 0 Å². The first kappa shape index (κ1) is 10.7. The van der Waals surface area contributed by atoms with Gasteiger partial charge in [0.2, 0.25) is 0 Å². The average molecular weight is 184 g/mol. The van der Waals surface area contributed by atoms with Gasteiger partial charge in [-0.3, -0.25) is 9.69 Å². The number of carbonyl (C=O) groups excluding carboxylic acids is 1. The third-order valence-electron chi connectivity index (χ3n) is 2.43. The van der Waals surface area contributed by atoms with E-state index in [1.807, 2.05) is 6.92 Å². The average Bonchev–Trinajstić information content (AvgIpc) is 2.02. The van der Waals surface area contributed by atoms with E-state index in [4.69, 9.17) is 0 Å². The number of nitrogens with zero attached hydrogens (tertiary/aromatic N) is 1. The highest BCUT2D eigenvalue weighted by molar-refractivity contribution is 5.80. The summed E-state index contributed by atoms with van der Waals surface area (Å²) >= 11 is 0. The van der Waals surface area contributed by atoms with Crippen molar-refractivity contribution < 1.29 is 4.79 Å². The number of nitrogens with one attached hydrogen (secondary N) is 1. The van der Waals surface area contributed by atoms with Gasteiger partial charge in [-0.05, 0) is 13.8 Å². The molecule has 76 valence electrons. The number of piperazine rings is 1. The normalized spacial score (nSPS) is 30.4. The Morgan fingerprint density at radius 3 is 2.38 bits per heavy atom. The standard InChI is InChI=1S/C10H20N2O/c1-4-10(13)7-12-5-8(2)11-9(3)6-12/h8-9,11H,4-7H2,1-3H3. The van der Waals surface area contributed by atoms with Crippen LogP contribution in [-0.2, 0) is 4.79 Å². The molecule has 0 radical (unpaired) electrons. The van der Waals surface area contributed by atoms with Crippen molar-refractivity contribution in [2.75, 3.05) is 19.6 Å². The lowest BCUT2D eigenvalue weighted by molar-refractivity contribution is -0.120. The van der Waals surface area contributed by atoms with Crippen molar-refractivity contribution in [1.29, 1.82) is 0 Å². The highest BCUT2D eigenvalue weighted by atomic mass is 16.1. The van der Waals surface area contributed by atoms with Gasteiger partial charge in [0.05, 0.1) is 6.54 Å². The Bertz CT molecular complexity index is 172. The van der Waals surface area contributed by atoms with Crippen LogP contribution < -0.4 is 5.32 Å². The molecule has 0 aromatic heterocycles. The smallest absolute Gasteiger partial charge is 0.146 e. The molecule has 2 atom stereocenters. The summed E-state index contributed by atoms with van der Waals surface area (Å²) in [6.07, 6.45) is 0.659. The highest BCUT2D eigenvalue weighted by Crippen LogP contribution is 2.03. The number of Topliss-reactive ketones (excluding diaryl/α,β-unsaturated/α-hetero) is 1. The summed E-state index contributed by atoms with van der Waals surface area (Å²) in [6.45, 7) is 8.88. The van der Waals surface area contributed by atoms with Gasteiger partial charge in [-0.2, -0.15) is 0 Å².